The van der Waals surface area contributed by atoms with Gasteiger partial charge in [-0.15, -0.1) is 0 Å². The number of nitriles is 1. The van der Waals surface area contributed by atoms with Gasteiger partial charge in [0, 0.05) is 30.6 Å². The van der Waals surface area contributed by atoms with Crippen molar-refractivity contribution in [1.82, 2.24) is 0 Å². The van der Waals surface area contributed by atoms with Crippen LogP contribution in [0.2, 0.25) is 0 Å². The number of fused-ring (bicyclic) bond motifs is 3. The molecule has 0 aliphatic heterocycles. The van der Waals surface area contributed by atoms with Crippen molar-refractivity contribution in [3.63, 3.8) is 0 Å². The predicted molar refractivity (Wildman–Crippen MR) is 150 cm³/mol. The molecule has 0 saturated heterocycles. The highest BCUT2D eigenvalue weighted by Crippen LogP contribution is 2.43. The Morgan fingerprint density at radius 2 is 1.55 bits per heavy atom. The van der Waals surface area contributed by atoms with Crippen LogP contribution in [0.25, 0.3) is 55.4 Å². The minimum Gasteiger partial charge on any atom is -0.454 e. The van der Waals surface area contributed by atoms with E-state index in [-0.39, 0.29) is 11.1 Å². The highest BCUT2D eigenvalue weighted by molar-refractivity contribution is 6.14. The zero-order valence-corrected chi connectivity index (χ0v) is 20.8. The molecular formula is C34H26FN2O+. The van der Waals surface area contributed by atoms with E-state index in [4.69, 9.17) is 12.6 Å². The number of rotatable bonds is 3. The largest absolute Gasteiger partial charge is 0.454 e. The molecule has 38 heavy (non-hydrogen) atoms. The Balaban J connectivity index is 1.68. The van der Waals surface area contributed by atoms with Crippen LogP contribution in [0.3, 0.4) is 0 Å². The minimum atomic E-state index is -2.67. The van der Waals surface area contributed by atoms with Gasteiger partial charge in [-0.1, -0.05) is 60.7 Å². The Bertz CT molecular complexity index is 2140. The zero-order valence-electron chi connectivity index (χ0n) is 26.8. The first-order valence-electron chi connectivity index (χ1n) is 15.1. The summed E-state index contributed by atoms with van der Waals surface area (Å²) in [4.78, 5) is 0. The molecule has 0 fully saturated rings. The Kier molecular flexibility index (Phi) is 4.17. The molecule has 0 saturated carbocycles. The molecule has 3 nitrogen and oxygen atoms in total. The summed E-state index contributed by atoms with van der Waals surface area (Å²) in [6, 6.07) is 25.3. The molecule has 0 unspecified atom stereocenters. The van der Waals surface area contributed by atoms with E-state index in [1.807, 2.05) is 55.5 Å². The van der Waals surface area contributed by atoms with Gasteiger partial charge in [0.25, 0.3) is 0 Å². The normalized spacial score (nSPS) is 14.3. The first-order valence-corrected chi connectivity index (χ1v) is 12.1. The zero-order chi connectivity index (χ0) is 31.6. The number of pyridine rings is 1. The molecule has 0 spiro atoms. The average Bonchev–Trinajstić information content (AvgIpc) is 3.35. The van der Waals surface area contributed by atoms with Gasteiger partial charge in [-0.3, -0.25) is 0 Å². The fourth-order valence-corrected chi connectivity index (χ4v) is 5.12. The van der Waals surface area contributed by atoms with Crippen LogP contribution in [0.4, 0.5) is 4.39 Å². The van der Waals surface area contributed by atoms with Crippen LogP contribution in [0.1, 0.15) is 30.5 Å². The van der Waals surface area contributed by atoms with Crippen LogP contribution >= 0.6 is 0 Å². The number of hydrogen-bond acceptors (Lipinski definition) is 2. The van der Waals surface area contributed by atoms with Crippen molar-refractivity contribution < 1.29 is 21.6 Å². The summed E-state index contributed by atoms with van der Waals surface area (Å²) in [7, 11) is 1.62. The van der Waals surface area contributed by atoms with Crippen molar-refractivity contribution in [2.24, 2.45) is 7.05 Å². The van der Waals surface area contributed by atoms with Gasteiger partial charge in [-0.25, -0.2) is 4.39 Å². The highest BCUT2D eigenvalue weighted by atomic mass is 19.1. The molecule has 2 heterocycles. The van der Waals surface area contributed by atoms with Gasteiger partial charge in [0.1, 0.15) is 18.2 Å². The topological polar surface area (TPSA) is 40.8 Å². The number of aromatic nitrogens is 1. The van der Waals surface area contributed by atoms with Gasteiger partial charge < -0.3 is 4.42 Å². The van der Waals surface area contributed by atoms with Crippen LogP contribution in [0.15, 0.2) is 89.5 Å². The van der Waals surface area contributed by atoms with E-state index in [0.29, 0.717) is 44.3 Å². The molecule has 0 aliphatic rings. The lowest BCUT2D eigenvalue weighted by molar-refractivity contribution is -0.662. The monoisotopic (exact) mass is 503 g/mol. The first-order chi connectivity index (χ1) is 20.8. The van der Waals surface area contributed by atoms with Crippen molar-refractivity contribution in [3.05, 3.63) is 113 Å². The van der Waals surface area contributed by atoms with E-state index < -0.39 is 25.1 Å². The second-order valence-corrected chi connectivity index (χ2v) is 9.37. The molecule has 0 bridgehead atoms. The van der Waals surface area contributed by atoms with Crippen molar-refractivity contribution in [3.8, 4) is 39.6 Å². The molecule has 0 radical (unpaired) electrons. The summed E-state index contributed by atoms with van der Waals surface area (Å²) in [6.45, 7) is -3.33. The van der Waals surface area contributed by atoms with E-state index in [1.54, 1.807) is 31.3 Å². The van der Waals surface area contributed by atoms with Crippen LogP contribution in [0, 0.1) is 37.8 Å². The lowest BCUT2D eigenvalue weighted by Crippen LogP contribution is -2.31. The molecular weight excluding hydrogens is 471 g/mol. The third-order valence-electron chi connectivity index (χ3n) is 7.02. The smallest absolute Gasteiger partial charge is 0.216 e. The van der Waals surface area contributed by atoms with Crippen LogP contribution in [-0.4, -0.2) is 0 Å². The first kappa shape index (κ1) is 17.7. The molecule has 4 heteroatoms. The van der Waals surface area contributed by atoms with Crippen LogP contribution in [-0.2, 0) is 7.05 Å². The van der Waals surface area contributed by atoms with Gasteiger partial charge in [0.15, 0.2) is 5.82 Å². The molecule has 0 N–H and O–H groups in total. The van der Waals surface area contributed by atoms with Gasteiger partial charge >= 0.3 is 0 Å². The second kappa shape index (κ2) is 8.97. The maximum absolute atomic E-state index is 14.7. The third-order valence-corrected chi connectivity index (χ3v) is 7.02. The lowest BCUT2D eigenvalue weighted by atomic mass is 9.91. The molecule has 2 aromatic heterocycles. The summed E-state index contributed by atoms with van der Waals surface area (Å²) >= 11 is 0. The number of benzene rings is 4. The molecule has 6 rings (SSSR count). The molecule has 0 atom stereocenters. The molecule has 6 aromatic rings. The van der Waals surface area contributed by atoms with E-state index in [9.17, 15) is 9.65 Å². The summed E-state index contributed by atoms with van der Waals surface area (Å²) in [5, 5.41) is 11.5. The Labute approximate surface area is 229 Å². The van der Waals surface area contributed by atoms with Crippen molar-refractivity contribution in [2.75, 3.05) is 0 Å². The third kappa shape index (κ3) is 3.67. The summed E-state index contributed by atoms with van der Waals surface area (Å²) in [6.07, 6.45) is 1.13. The number of hydrogen-bond donors (Lipinski definition) is 0. The fraction of sp³-hybridized carbons (Fsp3) is 0.118. The molecule has 4 aromatic carbocycles. The molecule has 0 aliphatic carbocycles. The van der Waals surface area contributed by atoms with E-state index in [0.717, 1.165) is 22.9 Å². The SMILES string of the molecule is [2H]C([2H])([2H])c1cc(-c2c(C)ccc3c2oc2c(-c4ccc(-c5ccccc5)cc4C([2H])([2H])[2H])c(C#N)ccc23)[n+](C)cc1F. The van der Waals surface area contributed by atoms with E-state index in [1.165, 1.54) is 10.6 Å². The Morgan fingerprint density at radius 3 is 2.29 bits per heavy atom. The van der Waals surface area contributed by atoms with Crippen molar-refractivity contribution in [1.29, 1.82) is 5.26 Å². The van der Waals surface area contributed by atoms with Gasteiger partial charge in [-0.2, -0.15) is 9.83 Å². The maximum Gasteiger partial charge on any atom is 0.216 e. The standard InChI is InChI=1S/C34H26FN2O/c1-20-10-13-27-28-15-12-25(18-36)32(26-14-11-24(16-21(26)2)23-8-6-5-7-9-23)34(28)38-33(27)31(20)30-17-22(3)29(35)19-37(30)4/h5-17,19H,1-4H3/q+1/i2D3,3D3. The highest BCUT2D eigenvalue weighted by Gasteiger charge is 2.24. The fourth-order valence-electron chi connectivity index (χ4n) is 5.12. The minimum absolute atomic E-state index is 0.0759. The van der Waals surface area contributed by atoms with Crippen molar-refractivity contribution >= 4 is 21.9 Å². The molecule has 184 valence electrons. The second-order valence-electron chi connectivity index (χ2n) is 9.37. The summed E-state index contributed by atoms with van der Waals surface area (Å²) < 4.78 is 71.5. The number of furan rings is 1. The van der Waals surface area contributed by atoms with Crippen LogP contribution < -0.4 is 4.57 Å². The van der Waals surface area contributed by atoms with E-state index >= 15 is 0 Å². The number of aryl methyl sites for hydroxylation is 4. The quantitative estimate of drug-likeness (QED) is 0.228. The van der Waals surface area contributed by atoms with Gasteiger partial charge in [0.2, 0.25) is 11.9 Å². The molecule has 0 amide bonds. The van der Waals surface area contributed by atoms with Crippen LogP contribution in [0.5, 0.6) is 0 Å². The van der Waals surface area contributed by atoms with Gasteiger partial charge in [-0.05, 0) is 66.1 Å². The number of nitrogens with zero attached hydrogens (tertiary/aromatic N) is 2. The number of halogens is 1. The summed E-state index contributed by atoms with van der Waals surface area (Å²) in [5.41, 5.74) is 4.66. The van der Waals surface area contributed by atoms with E-state index in [2.05, 4.69) is 6.07 Å². The maximum atomic E-state index is 14.7. The van der Waals surface area contributed by atoms with Crippen molar-refractivity contribution in [2.45, 2.75) is 20.6 Å². The van der Waals surface area contributed by atoms with Gasteiger partial charge in [0.05, 0.1) is 17.2 Å². The Morgan fingerprint density at radius 1 is 0.816 bits per heavy atom. The predicted octanol–water partition coefficient (Wildman–Crippen LogP) is 8.35. The summed E-state index contributed by atoms with van der Waals surface area (Å²) in [5.74, 6) is -0.845. The average molecular weight is 504 g/mol. The lowest BCUT2D eigenvalue weighted by Gasteiger charge is -2.11. The Hall–Kier alpha value is -4.75.